The third kappa shape index (κ3) is 3.71. The average Bonchev–Trinajstić information content (AvgIpc) is 3.02. The second kappa shape index (κ2) is 7.21. The highest BCUT2D eigenvalue weighted by Gasteiger charge is 2.16. The highest BCUT2D eigenvalue weighted by Crippen LogP contribution is 2.31. The van der Waals surface area contributed by atoms with Crippen LogP contribution in [0.5, 0.6) is 5.75 Å². The number of carbonyl (C=O) groups is 1. The van der Waals surface area contributed by atoms with Gasteiger partial charge in [-0.1, -0.05) is 42.0 Å². The first-order valence-electron chi connectivity index (χ1n) is 8.09. The Labute approximate surface area is 147 Å². The molecule has 0 fully saturated rings. The van der Waals surface area contributed by atoms with E-state index in [9.17, 15) is 4.79 Å². The van der Waals surface area contributed by atoms with E-state index in [2.05, 4.69) is 10.4 Å². The molecule has 1 amide bonds. The van der Waals surface area contributed by atoms with Gasteiger partial charge in [0, 0.05) is 19.2 Å². The fourth-order valence-electron chi connectivity index (χ4n) is 2.72. The Morgan fingerprint density at radius 2 is 1.92 bits per heavy atom. The van der Waals surface area contributed by atoms with Gasteiger partial charge in [0.2, 0.25) is 0 Å². The normalized spacial score (nSPS) is 10.5. The van der Waals surface area contributed by atoms with Crippen LogP contribution in [-0.2, 0) is 13.6 Å². The minimum atomic E-state index is -0.197. The number of ether oxygens (including phenoxy) is 1. The maximum absolute atomic E-state index is 12.4. The number of nitrogens with zero attached hydrogens (tertiary/aromatic N) is 2. The molecular formula is C20H21N3O2. The Balaban J connectivity index is 1.83. The fraction of sp³-hybridized carbons (Fsp3) is 0.200. The number of benzene rings is 2. The summed E-state index contributed by atoms with van der Waals surface area (Å²) in [4.78, 5) is 12.4. The number of aromatic nitrogens is 2. The number of carbonyl (C=O) groups excluding carboxylic acids is 1. The van der Waals surface area contributed by atoms with Crippen LogP contribution < -0.4 is 10.1 Å². The van der Waals surface area contributed by atoms with Crippen molar-refractivity contribution in [3.63, 3.8) is 0 Å². The molecular weight excluding hydrogens is 314 g/mol. The summed E-state index contributed by atoms with van der Waals surface area (Å²) in [5.41, 5.74) is 4.31. The van der Waals surface area contributed by atoms with Crippen molar-refractivity contribution < 1.29 is 9.53 Å². The van der Waals surface area contributed by atoms with Crippen LogP contribution in [0, 0.1) is 6.92 Å². The van der Waals surface area contributed by atoms with Crippen LogP contribution in [0.25, 0.3) is 11.3 Å². The van der Waals surface area contributed by atoms with Gasteiger partial charge in [-0.3, -0.25) is 9.48 Å². The van der Waals surface area contributed by atoms with E-state index < -0.39 is 0 Å². The number of aryl methyl sites for hydroxylation is 2. The van der Waals surface area contributed by atoms with E-state index >= 15 is 0 Å². The summed E-state index contributed by atoms with van der Waals surface area (Å²) in [5.74, 6) is 0.558. The molecule has 1 N–H and O–H groups in total. The van der Waals surface area contributed by atoms with Crippen LogP contribution in [0.1, 0.15) is 21.6 Å². The van der Waals surface area contributed by atoms with Crippen molar-refractivity contribution in [1.82, 2.24) is 15.1 Å². The summed E-state index contributed by atoms with van der Waals surface area (Å²) in [6, 6.07) is 17.5. The quantitative estimate of drug-likeness (QED) is 0.778. The summed E-state index contributed by atoms with van der Waals surface area (Å²) in [5, 5.41) is 7.25. The summed E-state index contributed by atoms with van der Waals surface area (Å²) in [7, 11) is 3.46. The minimum absolute atomic E-state index is 0.197. The molecule has 2 aromatic carbocycles. The number of amides is 1. The highest BCUT2D eigenvalue weighted by atomic mass is 16.5. The molecule has 3 aromatic rings. The van der Waals surface area contributed by atoms with Crippen molar-refractivity contribution in [2.24, 2.45) is 7.05 Å². The average molecular weight is 335 g/mol. The predicted molar refractivity (Wildman–Crippen MR) is 97.5 cm³/mol. The lowest BCUT2D eigenvalue weighted by Gasteiger charge is -2.09. The van der Waals surface area contributed by atoms with E-state index in [4.69, 9.17) is 4.74 Å². The maximum Gasteiger partial charge on any atom is 0.272 e. The van der Waals surface area contributed by atoms with Gasteiger partial charge in [-0.05, 0) is 30.7 Å². The van der Waals surface area contributed by atoms with Crippen molar-refractivity contribution in [2.75, 3.05) is 7.11 Å². The summed E-state index contributed by atoms with van der Waals surface area (Å²) in [6.45, 7) is 2.49. The second-order valence-electron chi connectivity index (χ2n) is 5.91. The zero-order valence-corrected chi connectivity index (χ0v) is 14.6. The number of nitrogens with one attached hydrogen (secondary N) is 1. The van der Waals surface area contributed by atoms with Gasteiger partial charge >= 0.3 is 0 Å². The van der Waals surface area contributed by atoms with E-state index in [0.717, 1.165) is 28.1 Å². The maximum atomic E-state index is 12.4. The molecule has 5 heteroatoms. The Morgan fingerprint density at radius 1 is 1.16 bits per heavy atom. The summed E-state index contributed by atoms with van der Waals surface area (Å²) < 4.78 is 7.15. The molecule has 0 spiro atoms. The van der Waals surface area contributed by atoms with Crippen molar-refractivity contribution >= 4 is 5.91 Å². The highest BCUT2D eigenvalue weighted by molar-refractivity contribution is 5.93. The van der Waals surface area contributed by atoms with Gasteiger partial charge in [0.05, 0.1) is 12.8 Å². The molecule has 0 atom stereocenters. The van der Waals surface area contributed by atoms with E-state index in [1.807, 2.05) is 62.5 Å². The van der Waals surface area contributed by atoms with E-state index in [1.54, 1.807) is 17.9 Å². The zero-order chi connectivity index (χ0) is 17.8. The van der Waals surface area contributed by atoms with Gasteiger partial charge in [-0.25, -0.2) is 0 Å². The molecule has 0 unspecified atom stereocenters. The van der Waals surface area contributed by atoms with E-state index in [0.29, 0.717) is 12.2 Å². The van der Waals surface area contributed by atoms with Gasteiger partial charge in [0.1, 0.15) is 5.75 Å². The molecule has 3 rings (SSSR count). The van der Waals surface area contributed by atoms with Gasteiger partial charge in [0.25, 0.3) is 5.91 Å². The molecule has 0 aliphatic heterocycles. The first-order chi connectivity index (χ1) is 12.1. The summed E-state index contributed by atoms with van der Waals surface area (Å²) >= 11 is 0. The molecule has 0 radical (unpaired) electrons. The number of hydrogen-bond donors (Lipinski definition) is 1. The van der Waals surface area contributed by atoms with Gasteiger partial charge in [-0.2, -0.15) is 5.10 Å². The van der Waals surface area contributed by atoms with E-state index in [-0.39, 0.29) is 5.91 Å². The summed E-state index contributed by atoms with van der Waals surface area (Å²) in [6.07, 6.45) is 0. The lowest BCUT2D eigenvalue weighted by molar-refractivity contribution is 0.0945. The Bertz CT molecular complexity index is 885. The van der Waals surface area contributed by atoms with Gasteiger partial charge in [0.15, 0.2) is 5.69 Å². The van der Waals surface area contributed by atoms with Crippen molar-refractivity contribution in [1.29, 1.82) is 0 Å². The number of methoxy groups -OCH3 is 1. The van der Waals surface area contributed by atoms with Crippen LogP contribution in [0.15, 0.2) is 54.6 Å². The smallest absolute Gasteiger partial charge is 0.272 e. The van der Waals surface area contributed by atoms with E-state index in [1.165, 1.54) is 0 Å². The molecule has 128 valence electrons. The molecule has 0 aliphatic rings. The molecule has 1 heterocycles. The monoisotopic (exact) mass is 335 g/mol. The van der Waals surface area contributed by atoms with Crippen molar-refractivity contribution in [2.45, 2.75) is 13.5 Å². The lowest BCUT2D eigenvalue weighted by atomic mass is 10.1. The van der Waals surface area contributed by atoms with Crippen LogP contribution in [-0.4, -0.2) is 22.8 Å². The van der Waals surface area contributed by atoms with Gasteiger partial charge < -0.3 is 10.1 Å². The fourth-order valence-corrected chi connectivity index (χ4v) is 2.72. The second-order valence-corrected chi connectivity index (χ2v) is 5.91. The van der Waals surface area contributed by atoms with Crippen LogP contribution in [0.3, 0.4) is 0 Å². The third-order valence-electron chi connectivity index (χ3n) is 4.04. The molecule has 0 saturated carbocycles. The molecule has 0 bridgehead atoms. The molecule has 0 aliphatic carbocycles. The van der Waals surface area contributed by atoms with Gasteiger partial charge in [-0.15, -0.1) is 0 Å². The standard InChI is InChI=1S/C20H21N3O2/c1-14-9-10-19(25-3)16(11-14)18-12-17(22-23(18)2)20(24)21-13-15-7-5-4-6-8-15/h4-12H,13H2,1-3H3,(H,21,24). The topological polar surface area (TPSA) is 56.1 Å². The first-order valence-corrected chi connectivity index (χ1v) is 8.09. The van der Waals surface area contributed by atoms with Crippen molar-refractivity contribution in [3.8, 4) is 17.0 Å². The minimum Gasteiger partial charge on any atom is -0.496 e. The first kappa shape index (κ1) is 16.8. The van der Waals surface area contributed by atoms with Crippen LogP contribution in [0.4, 0.5) is 0 Å². The lowest BCUT2D eigenvalue weighted by Crippen LogP contribution is -2.23. The largest absolute Gasteiger partial charge is 0.496 e. The molecule has 1 aromatic heterocycles. The Morgan fingerprint density at radius 3 is 2.64 bits per heavy atom. The number of rotatable bonds is 5. The SMILES string of the molecule is COc1ccc(C)cc1-c1cc(C(=O)NCc2ccccc2)nn1C. The zero-order valence-electron chi connectivity index (χ0n) is 14.6. The third-order valence-corrected chi connectivity index (χ3v) is 4.04. The molecule has 5 nitrogen and oxygen atoms in total. The Hall–Kier alpha value is -3.08. The van der Waals surface area contributed by atoms with Crippen LogP contribution in [0.2, 0.25) is 0 Å². The molecule has 25 heavy (non-hydrogen) atoms. The molecule has 0 saturated heterocycles. The Kier molecular flexibility index (Phi) is 4.84. The van der Waals surface area contributed by atoms with Crippen molar-refractivity contribution in [3.05, 3.63) is 71.4 Å². The predicted octanol–water partition coefficient (Wildman–Crippen LogP) is 3.33. The number of hydrogen-bond acceptors (Lipinski definition) is 3. The van der Waals surface area contributed by atoms with Crippen LogP contribution >= 0.6 is 0 Å².